The van der Waals surface area contributed by atoms with Gasteiger partial charge in [-0.15, -0.1) is 0 Å². The first kappa shape index (κ1) is 17.3. The molecule has 0 spiro atoms. The molecule has 1 aliphatic rings. The van der Waals surface area contributed by atoms with Crippen LogP contribution in [-0.2, 0) is 25.9 Å². The van der Waals surface area contributed by atoms with Crippen LogP contribution in [0.3, 0.4) is 0 Å². The highest BCUT2D eigenvalue weighted by molar-refractivity contribution is 5.56. The molecular formula is C22H23N5. The summed E-state index contributed by atoms with van der Waals surface area (Å²) in [5.74, 6) is 1.72. The molecule has 0 fully saturated rings. The standard InChI is InChI=1S/C22H23N5/c1-26(22-19(14-23)13-18-9-5-6-10-20(18)25-22)16-21-24-11-12-27(21)15-17-7-3-2-4-8-17/h2-4,7-8,11-13H,5-6,9-10,15-16H2,1H3. The molecule has 0 radical (unpaired) electrons. The Labute approximate surface area is 159 Å². The van der Waals surface area contributed by atoms with Gasteiger partial charge in [-0.25, -0.2) is 9.97 Å². The van der Waals surface area contributed by atoms with Crippen molar-refractivity contribution in [2.24, 2.45) is 0 Å². The maximum absolute atomic E-state index is 9.61. The van der Waals surface area contributed by atoms with Crippen LogP contribution in [0.2, 0.25) is 0 Å². The molecule has 0 amide bonds. The predicted octanol–water partition coefficient (Wildman–Crippen LogP) is 3.71. The maximum Gasteiger partial charge on any atom is 0.146 e. The zero-order valence-electron chi connectivity index (χ0n) is 15.6. The minimum atomic E-state index is 0.611. The number of hydrogen-bond acceptors (Lipinski definition) is 4. The quantitative estimate of drug-likeness (QED) is 0.698. The van der Waals surface area contributed by atoms with Gasteiger partial charge in [0.25, 0.3) is 0 Å². The van der Waals surface area contributed by atoms with E-state index in [1.54, 1.807) is 0 Å². The number of imidazole rings is 1. The highest BCUT2D eigenvalue weighted by atomic mass is 15.2. The summed E-state index contributed by atoms with van der Waals surface area (Å²) in [7, 11) is 1.99. The molecule has 0 unspecified atom stereocenters. The van der Waals surface area contributed by atoms with Crippen molar-refractivity contribution in [3.8, 4) is 6.07 Å². The molecule has 0 bridgehead atoms. The second-order valence-corrected chi connectivity index (χ2v) is 7.10. The molecular weight excluding hydrogens is 334 g/mol. The van der Waals surface area contributed by atoms with Crippen molar-refractivity contribution in [3.05, 3.63) is 77.0 Å². The smallest absolute Gasteiger partial charge is 0.146 e. The Morgan fingerprint density at radius 1 is 1.19 bits per heavy atom. The lowest BCUT2D eigenvalue weighted by Crippen LogP contribution is -2.23. The lowest BCUT2D eigenvalue weighted by molar-refractivity contribution is 0.662. The average molecular weight is 357 g/mol. The molecule has 3 aromatic rings. The van der Waals surface area contributed by atoms with Gasteiger partial charge in [-0.1, -0.05) is 30.3 Å². The van der Waals surface area contributed by atoms with E-state index in [9.17, 15) is 5.26 Å². The Bertz CT molecular complexity index is 968. The van der Waals surface area contributed by atoms with Gasteiger partial charge >= 0.3 is 0 Å². The molecule has 1 aliphatic carbocycles. The average Bonchev–Trinajstić information content (AvgIpc) is 3.14. The third-order valence-corrected chi connectivity index (χ3v) is 5.14. The number of pyridine rings is 1. The van der Waals surface area contributed by atoms with Gasteiger partial charge in [0.05, 0.1) is 12.1 Å². The second kappa shape index (κ2) is 7.63. The van der Waals surface area contributed by atoms with Gasteiger partial charge in [0.2, 0.25) is 0 Å². The highest BCUT2D eigenvalue weighted by Crippen LogP contribution is 2.26. The van der Waals surface area contributed by atoms with Crippen LogP contribution in [0.4, 0.5) is 5.82 Å². The molecule has 1 aromatic carbocycles. The van der Waals surface area contributed by atoms with Gasteiger partial charge in [-0.3, -0.25) is 0 Å². The van der Waals surface area contributed by atoms with Gasteiger partial charge in [0, 0.05) is 31.7 Å². The van der Waals surface area contributed by atoms with Crippen LogP contribution in [0.5, 0.6) is 0 Å². The third-order valence-electron chi connectivity index (χ3n) is 5.14. The molecule has 2 aromatic heterocycles. The van der Waals surface area contributed by atoms with E-state index in [0.29, 0.717) is 12.1 Å². The van der Waals surface area contributed by atoms with Crippen LogP contribution < -0.4 is 4.90 Å². The van der Waals surface area contributed by atoms with Gasteiger partial charge in [0.15, 0.2) is 0 Å². The van der Waals surface area contributed by atoms with Crippen LogP contribution >= 0.6 is 0 Å². The fraction of sp³-hybridized carbons (Fsp3) is 0.318. The van der Waals surface area contributed by atoms with E-state index < -0.39 is 0 Å². The summed E-state index contributed by atoms with van der Waals surface area (Å²) in [5, 5.41) is 9.61. The van der Waals surface area contributed by atoms with Crippen LogP contribution in [0.1, 0.15) is 41.1 Å². The lowest BCUT2D eigenvalue weighted by atomic mass is 9.95. The van der Waals surface area contributed by atoms with E-state index in [2.05, 4.69) is 27.8 Å². The summed E-state index contributed by atoms with van der Waals surface area (Å²) in [6.07, 6.45) is 8.23. The molecule has 0 saturated heterocycles. The number of benzene rings is 1. The summed E-state index contributed by atoms with van der Waals surface area (Å²) in [5.41, 5.74) is 4.28. The number of aryl methyl sites for hydroxylation is 2. The maximum atomic E-state index is 9.61. The molecule has 2 heterocycles. The predicted molar refractivity (Wildman–Crippen MR) is 105 cm³/mol. The first-order valence-corrected chi connectivity index (χ1v) is 9.42. The monoisotopic (exact) mass is 357 g/mol. The topological polar surface area (TPSA) is 57.7 Å². The molecule has 5 heteroatoms. The summed E-state index contributed by atoms with van der Waals surface area (Å²) < 4.78 is 2.15. The van der Waals surface area contributed by atoms with E-state index in [1.165, 1.54) is 24.0 Å². The van der Waals surface area contributed by atoms with Gasteiger partial charge in [-0.2, -0.15) is 5.26 Å². The normalized spacial score (nSPS) is 13.0. The molecule has 0 N–H and O–H groups in total. The number of nitriles is 1. The lowest BCUT2D eigenvalue weighted by Gasteiger charge is -2.23. The second-order valence-electron chi connectivity index (χ2n) is 7.10. The van der Waals surface area contributed by atoms with Crippen LogP contribution in [0, 0.1) is 11.3 Å². The van der Waals surface area contributed by atoms with E-state index in [-0.39, 0.29) is 0 Å². The van der Waals surface area contributed by atoms with Crippen molar-refractivity contribution in [3.63, 3.8) is 0 Å². The molecule has 5 nitrogen and oxygen atoms in total. The van der Waals surface area contributed by atoms with Crippen molar-refractivity contribution in [1.29, 1.82) is 5.26 Å². The Balaban J connectivity index is 1.58. The summed E-state index contributed by atoms with van der Waals surface area (Å²) in [6.45, 7) is 1.40. The van der Waals surface area contributed by atoms with Crippen LogP contribution in [-0.4, -0.2) is 21.6 Å². The first-order chi connectivity index (χ1) is 13.2. The van der Waals surface area contributed by atoms with E-state index in [0.717, 1.165) is 36.7 Å². The Hall–Kier alpha value is -3.13. The van der Waals surface area contributed by atoms with Crippen molar-refractivity contribution in [2.45, 2.75) is 38.8 Å². The number of hydrogen-bond donors (Lipinski definition) is 0. The number of anilines is 1. The molecule has 136 valence electrons. The Morgan fingerprint density at radius 3 is 2.81 bits per heavy atom. The minimum Gasteiger partial charge on any atom is -0.351 e. The van der Waals surface area contributed by atoms with Gasteiger partial charge in [-0.05, 0) is 42.9 Å². The largest absolute Gasteiger partial charge is 0.351 e. The molecule has 0 atom stereocenters. The van der Waals surface area contributed by atoms with Crippen molar-refractivity contribution in [2.75, 3.05) is 11.9 Å². The van der Waals surface area contributed by atoms with Crippen molar-refractivity contribution < 1.29 is 0 Å². The molecule has 0 saturated carbocycles. The van der Waals surface area contributed by atoms with Crippen LogP contribution in [0.15, 0.2) is 48.8 Å². The third kappa shape index (κ3) is 3.70. The number of aromatic nitrogens is 3. The van der Waals surface area contributed by atoms with E-state index >= 15 is 0 Å². The fourth-order valence-electron chi connectivity index (χ4n) is 3.70. The Kier molecular flexibility index (Phi) is 4.88. The van der Waals surface area contributed by atoms with E-state index in [4.69, 9.17) is 4.98 Å². The zero-order chi connectivity index (χ0) is 18.6. The van der Waals surface area contributed by atoms with Gasteiger partial charge < -0.3 is 9.47 Å². The van der Waals surface area contributed by atoms with Crippen molar-refractivity contribution >= 4 is 5.82 Å². The van der Waals surface area contributed by atoms with Crippen LogP contribution in [0.25, 0.3) is 0 Å². The molecule has 0 aliphatic heterocycles. The molecule has 27 heavy (non-hydrogen) atoms. The number of fused-ring (bicyclic) bond motifs is 1. The SMILES string of the molecule is CN(Cc1nccn1Cc1ccccc1)c1nc2c(cc1C#N)CCCC2. The van der Waals surface area contributed by atoms with Gasteiger partial charge in [0.1, 0.15) is 17.7 Å². The number of rotatable bonds is 5. The highest BCUT2D eigenvalue weighted by Gasteiger charge is 2.18. The van der Waals surface area contributed by atoms with E-state index in [1.807, 2.05) is 48.6 Å². The summed E-state index contributed by atoms with van der Waals surface area (Å²) >= 11 is 0. The summed E-state index contributed by atoms with van der Waals surface area (Å²) in [6, 6.07) is 14.7. The first-order valence-electron chi connectivity index (χ1n) is 9.42. The number of nitrogens with zero attached hydrogens (tertiary/aromatic N) is 5. The minimum absolute atomic E-state index is 0.611. The Morgan fingerprint density at radius 2 is 2.00 bits per heavy atom. The fourth-order valence-corrected chi connectivity index (χ4v) is 3.70. The summed E-state index contributed by atoms with van der Waals surface area (Å²) in [4.78, 5) is 11.4. The zero-order valence-corrected chi connectivity index (χ0v) is 15.6. The van der Waals surface area contributed by atoms with Crippen molar-refractivity contribution in [1.82, 2.24) is 14.5 Å². The molecule has 4 rings (SSSR count).